The SMILES string of the molecule is CCSCc1ccccc1C(=O)C(=O)O. The Balaban J connectivity index is 2.95. The molecular formula is C11H12O3S. The number of benzene rings is 1. The van der Waals surface area contributed by atoms with Crippen LogP contribution in [0.1, 0.15) is 22.8 Å². The lowest BCUT2D eigenvalue weighted by molar-refractivity contribution is -0.131. The van der Waals surface area contributed by atoms with E-state index in [0.29, 0.717) is 11.3 Å². The van der Waals surface area contributed by atoms with Gasteiger partial charge in [0.15, 0.2) is 0 Å². The number of hydrogen-bond donors (Lipinski definition) is 1. The molecule has 0 saturated carbocycles. The topological polar surface area (TPSA) is 54.4 Å². The standard InChI is InChI=1S/C11H12O3S/c1-2-15-7-8-5-3-4-6-9(8)10(12)11(13)14/h3-6H,2,7H2,1H3,(H,13,14). The summed E-state index contributed by atoms with van der Waals surface area (Å²) in [5.74, 6) is -0.618. The van der Waals surface area contributed by atoms with Crippen molar-refractivity contribution in [1.29, 1.82) is 0 Å². The van der Waals surface area contributed by atoms with E-state index in [1.807, 2.05) is 13.0 Å². The van der Waals surface area contributed by atoms with Crippen LogP contribution in [0, 0.1) is 0 Å². The second kappa shape index (κ2) is 5.56. The third-order valence-corrected chi connectivity index (χ3v) is 2.84. The van der Waals surface area contributed by atoms with Gasteiger partial charge in [0.2, 0.25) is 0 Å². The summed E-state index contributed by atoms with van der Waals surface area (Å²) in [6, 6.07) is 6.83. The fourth-order valence-electron chi connectivity index (χ4n) is 1.19. The largest absolute Gasteiger partial charge is 0.475 e. The Bertz CT molecular complexity index is 374. The number of carbonyl (C=O) groups excluding carboxylic acids is 1. The maximum Gasteiger partial charge on any atom is 0.377 e. The molecule has 1 N–H and O–H groups in total. The summed E-state index contributed by atoms with van der Waals surface area (Å²) in [4.78, 5) is 21.9. The molecule has 15 heavy (non-hydrogen) atoms. The van der Waals surface area contributed by atoms with E-state index in [2.05, 4.69) is 0 Å². The highest BCUT2D eigenvalue weighted by molar-refractivity contribution is 7.98. The van der Waals surface area contributed by atoms with Crippen molar-refractivity contribution in [3.63, 3.8) is 0 Å². The predicted molar refractivity (Wildman–Crippen MR) is 60.2 cm³/mol. The van der Waals surface area contributed by atoms with Crippen molar-refractivity contribution >= 4 is 23.5 Å². The van der Waals surface area contributed by atoms with Crippen molar-refractivity contribution in [2.45, 2.75) is 12.7 Å². The monoisotopic (exact) mass is 224 g/mol. The van der Waals surface area contributed by atoms with E-state index in [0.717, 1.165) is 11.3 Å². The number of aliphatic carboxylic acids is 1. The van der Waals surface area contributed by atoms with E-state index in [4.69, 9.17) is 5.11 Å². The van der Waals surface area contributed by atoms with Gasteiger partial charge in [-0.15, -0.1) is 0 Å². The molecule has 0 radical (unpaired) electrons. The lowest BCUT2D eigenvalue weighted by Crippen LogP contribution is -2.14. The third kappa shape index (κ3) is 3.09. The minimum atomic E-state index is -1.40. The second-order valence-electron chi connectivity index (χ2n) is 2.93. The highest BCUT2D eigenvalue weighted by atomic mass is 32.2. The molecule has 4 heteroatoms. The summed E-state index contributed by atoms with van der Waals surface area (Å²) in [5.41, 5.74) is 1.09. The Hall–Kier alpha value is -1.29. The van der Waals surface area contributed by atoms with Crippen molar-refractivity contribution in [1.82, 2.24) is 0 Å². The van der Waals surface area contributed by atoms with Gasteiger partial charge in [0.05, 0.1) is 0 Å². The van der Waals surface area contributed by atoms with E-state index in [1.54, 1.807) is 30.0 Å². The summed E-state index contributed by atoms with van der Waals surface area (Å²) in [6.45, 7) is 2.02. The molecular weight excluding hydrogens is 212 g/mol. The highest BCUT2D eigenvalue weighted by Crippen LogP contribution is 2.16. The molecule has 80 valence electrons. The van der Waals surface area contributed by atoms with Crippen LogP contribution in [0.4, 0.5) is 0 Å². The van der Waals surface area contributed by atoms with E-state index in [9.17, 15) is 9.59 Å². The summed E-state index contributed by atoms with van der Waals surface area (Å²) >= 11 is 1.66. The molecule has 0 aromatic heterocycles. The number of carboxylic acid groups (broad SMARTS) is 1. The van der Waals surface area contributed by atoms with Gasteiger partial charge in [0.1, 0.15) is 0 Å². The van der Waals surface area contributed by atoms with Crippen LogP contribution in [0.2, 0.25) is 0 Å². The molecule has 0 aliphatic heterocycles. The minimum absolute atomic E-state index is 0.297. The molecule has 1 rings (SSSR count). The van der Waals surface area contributed by atoms with Gasteiger partial charge in [-0.3, -0.25) is 4.79 Å². The van der Waals surface area contributed by atoms with E-state index < -0.39 is 11.8 Å². The number of thioether (sulfide) groups is 1. The van der Waals surface area contributed by atoms with Crippen LogP contribution in [0.15, 0.2) is 24.3 Å². The average molecular weight is 224 g/mol. The maximum absolute atomic E-state index is 11.3. The Kier molecular flexibility index (Phi) is 4.37. The molecule has 0 unspecified atom stereocenters. The minimum Gasteiger partial charge on any atom is -0.475 e. The summed E-state index contributed by atoms with van der Waals surface area (Å²) in [6.07, 6.45) is 0. The van der Waals surface area contributed by atoms with Gasteiger partial charge in [0, 0.05) is 11.3 Å². The van der Waals surface area contributed by atoms with Gasteiger partial charge in [0.25, 0.3) is 5.78 Å². The number of carbonyl (C=O) groups is 2. The van der Waals surface area contributed by atoms with Crippen LogP contribution in [-0.4, -0.2) is 22.6 Å². The summed E-state index contributed by atoms with van der Waals surface area (Å²) in [7, 11) is 0. The number of hydrogen-bond acceptors (Lipinski definition) is 3. The first-order chi connectivity index (χ1) is 7.16. The molecule has 0 heterocycles. The molecule has 0 spiro atoms. The van der Waals surface area contributed by atoms with Gasteiger partial charge < -0.3 is 5.11 Å². The summed E-state index contributed by atoms with van der Waals surface area (Å²) < 4.78 is 0. The van der Waals surface area contributed by atoms with Gasteiger partial charge in [-0.2, -0.15) is 11.8 Å². The zero-order valence-electron chi connectivity index (χ0n) is 8.40. The van der Waals surface area contributed by atoms with Crippen LogP contribution in [0.25, 0.3) is 0 Å². The quantitative estimate of drug-likeness (QED) is 0.615. The number of rotatable bonds is 5. The molecule has 3 nitrogen and oxygen atoms in total. The first-order valence-electron chi connectivity index (χ1n) is 4.60. The highest BCUT2D eigenvalue weighted by Gasteiger charge is 2.17. The van der Waals surface area contributed by atoms with E-state index in [-0.39, 0.29) is 0 Å². The summed E-state index contributed by atoms with van der Waals surface area (Å²) in [5, 5.41) is 8.63. The van der Waals surface area contributed by atoms with Crippen molar-refractivity contribution < 1.29 is 14.7 Å². The zero-order valence-corrected chi connectivity index (χ0v) is 9.21. The van der Waals surface area contributed by atoms with Crippen LogP contribution in [-0.2, 0) is 10.5 Å². The maximum atomic E-state index is 11.3. The molecule has 1 aromatic rings. The smallest absolute Gasteiger partial charge is 0.377 e. The van der Waals surface area contributed by atoms with Crippen molar-refractivity contribution in [2.24, 2.45) is 0 Å². The molecule has 0 aliphatic carbocycles. The molecule has 0 aliphatic rings. The lowest BCUT2D eigenvalue weighted by atomic mass is 10.1. The van der Waals surface area contributed by atoms with Gasteiger partial charge in [-0.05, 0) is 11.3 Å². The lowest BCUT2D eigenvalue weighted by Gasteiger charge is -2.05. The van der Waals surface area contributed by atoms with Crippen molar-refractivity contribution in [2.75, 3.05) is 5.75 Å². The van der Waals surface area contributed by atoms with E-state index >= 15 is 0 Å². The Morgan fingerprint density at radius 1 is 1.33 bits per heavy atom. The van der Waals surface area contributed by atoms with Gasteiger partial charge in [-0.1, -0.05) is 31.2 Å². The molecule has 0 amide bonds. The Morgan fingerprint density at radius 3 is 2.60 bits per heavy atom. The third-order valence-electron chi connectivity index (χ3n) is 1.92. The fourth-order valence-corrected chi connectivity index (χ4v) is 1.87. The number of Topliss-reactive ketones (excluding diaryl/α,β-unsaturated/α-hetero) is 1. The molecule has 1 aromatic carbocycles. The van der Waals surface area contributed by atoms with Crippen LogP contribution >= 0.6 is 11.8 Å². The Morgan fingerprint density at radius 2 is 2.00 bits per heavy atom. The average Bonchev–Trinajstić information content (AvgIpc) is 2.25. The first kappa shape index (κ1) is 11.8. The molecule has 0 fully saturated rings. The van der Waals surface area contributed by atoms with Crippen LogP contribution in [0.3, 0.4) is 0 Å². The molecule has 0 saturated heterocycles. The Labute approximate surface area is 92.5 Å². The molecule has 0 atom stereocenters. The van der Waals surface area contributed by atoms with Crippen molar-refractivity contribution in [3.8, 4) is 0 Å². The first-order valence-corrected chi connectivity index (χ1v) is 5.75. The van der Waals surface area contributed by atoms with Gasteiger partial charge >= 0.3 is 5.97 Å². The zero-order chi connectivity index (χ0) is 11.3. The normalized spacial score (nSPS) is 9.93. The number of ketones is 1. The van der Waals surface area contributed by atoms with E-state index in [1.165, 1.54) is 0 Å². The van der Waals surface area contributed by atoms with Gasteiger partial charge in [-0.25, -0.2) is 4.79 Å². The van der Waals surface area contributed by atoms with Crippen LogP contribution in [0.5, 0.6) is 0 Å². The fraction of sp³-hybridized carbons (Fsp3) is 0.273. The second-order valence-corrected chi connectivity index (χ2v) is 4.20. The molecule has 0 bridgehead atoms. The van der Waals surface area contributed by atoms with Crippen LogP contribution < -0.4 is 0 Å². The van der Waals surface area contributed by atoms with Crippen molar-refractivity contribution in [3.05, 3.63) is 35.4 Å². The number of carboxylic acids is 1. The predicted octanol–water partition coefficient (Wildman–Crippen LogP) is 2.21.